The fraction of sp³-hybridized carbons (Fsp3) is 0.500. The van der Waals surface area contributed by atoms with Crippen molar-refractivity contribution < 1.29 is 19.0 Å². The van der Waals surface area contributed by atoms with E-state index in [1.54, 1.807) is 32.9 Å². The lowest BCUT2D eigenvalue weighted by atomic mass is 10.1. The number of piperidine rings is 1. The summed E-state index contributed by atoms with van der Waals surface area (Å²) >= 11 is 0. The van der Waals surface area contributed by atoms with Gasteiger partial charge >= 0.3 is 6.09 Å². The van der Waals surface area contributed by atoms with Crippen LogP contribution in [0, 0.1) is 17.1 Å². The van der Waals surface area contributed by atoms with Gasteiger partial charge in [-0.1, -0.05) is 6.07 Å². The van der Waals surface area contributed by atoms with Crippen LogP contribution in [0.5, 0.6) is 0 Å². The smallest absolute Gasteiger partial charge is 0.407 e. The molecular formula is C24H30FN5O4. The second-order valence-corrected chi connectivity index (χ2v) is 9.22. The summed E-state index contributed by atoms with van der Waals surface area (Å²) < 4.78 is 21.0. The van der Waals surface area contributed by atoms with E-state index in [9.17, 15) is 19.1 Å². The fourth-order valence-corrected chi connectivity index (χ4v) is 3.79. The Balaban J connectivity index is 1.84. The maximum atomic E-state index is 14.2. The van der Waals surface area contributed by atoms with Crippen molar-refractivity contribution in [2.75, 3.05) is 24.6 Å². The molecule has 0 aliphatic carbocycles. The Morgan fingerprint density at radius 2 is 2.03 bits per heavy atom. The van der Waals surface area contributed by atoms with E-state index in [2.05, 4.69) is 10.3 Å². The molecule has 10 heteroatoms. The van der Waals surface area contributed by atoms with Crippen molar-refractivity contribution in [2.45, 2.75) is 58.2 Å². The highest BCUT2D eigenvalue weighted by Gasteiger charge is 2.26. The summed E-state index contributed by atoms with van der Waals surface area (Å²) in [5, 5.41) is 21.1. The van der Waals surface area contributed by atoms with Gasteiger partial charge in [0.15, 0.2) is 0 Å². The van der Waals surface area contributed by atoms with Crippen molar-refractivity contribution in [3.8, 4) is 17.3 Å². The van der Waals surface area contributed by atoms with Crippen LogP contribution < -0.4 is 15.8 Å². The number of amides is 1. The molecule has 34 heavy (non-hydrogen) atoms. The molecule has 2 aromatic rings. The highest BCUT2D eigenvalue weighted by molar-refractivity contribution is 5.68. The van der Waals surface area contributed by atoms with Gasteiger partial charge in [-0.15, -0.1) is 0 Å². The number of aliphatic hydroxyl groups excluding tert-OH is 1. The van der Waals surface area contributed by atoms with Crippen LogP contribution in [-0.4, -0.2) is 52.1 Å². The quantitative estimate of drug-likeness (QED) is 0.665. The SMILES string of the molecule is CC(C)(C)OC(=O)NC1CCN(c2nc(-c3ccc(C#N)c(F)c3)cc(=O)n2CCCO)CC1. The van der Waals surface area contributed by atoms with E-state index in [-0.39, 0.29) is 30.3 Å². The van der Waals surface area contributed by atoms with Gasteiger partial charge in [0.05, 0.1) is 11.3 Å². The second-order valence-electron chi connectivity index (χ2n) is 9.22. The van der Waals surface area contributed by atoms with Crippen LogP contribution in [-0.2, 0) is 11.3 Å². The largest absolute Gasteiger partial charge is 0.444 e. The minimum Gasteiger partial charge on any atom is -0.444 e. The van der Waals surface area contributed by atoms with Gasteiger partial charge in [0.2, 0.25) is 5.95 Å². The van der Waals surface area contributed by atoms with Gasteiger partial charge in [-0.2, -0.15) is 5.26 Å². The molecule has 182 valence electrons. The minimum absolute atomic E-state index is 0.0699. The topological polar surface area (TPSA) is 120 Å². The van der Waals surface area contributed by atoms with E-state index in [0.29, 0.717) is 49.6 Å². The molecule has 0 bridgehead atoms. The maximum absolute atomic E-state index is 14.2. The number of rotatable bonds is 6. The van der Waals surface area contributed by atoms with Crippen LogP contribution in [0.2, 0.25) is 0 Å². The Morgan fingerprint density at radius 1 is 1.32 bits per heavy atom. The first-order valence-electron chi connectivity index (χ1n) is 11.3. The fourth-order valence-electron chi connectivity index (χ4n) is 3.79. The van der Waals surface area contributed by atoms with Gasteiger partial charge in [0.1, 0.15) is 17.5 Å². The third-order valence-corrected chi connectivity index (χ3v) is 5.41. The van der Waals surface area contributed by atoms with Crippen molar-refractivity contribution in [1.29, 1.82) is 5.26 Å². The van der Waals surface area contributed by atoms with E-state index in [1.807, 2.05) is 4.90 Å². The Bertz CT molecular complexity index is 1130. The lowest BCUT2D eigenvalue weighted by Gasteiger charge is -2.34. The lowest BCUT2D eigenvalue weighted by molar-refractivity contribution is 0.0497. The number of carbonyl (C=O) groups is 1. The molecule has 1 aliphatic rings. The van der Waals surface area contributed by atoms with Crippen LogP contribution in [0.4, 0.5) is 15.1 Å². The molecule has 0 radical (unpaired) electrons. The first-order chi connectivity index (χ1) is 16.1. The van der Waals surface area contributed by atoms with Crippen molar-refractivity contribution in [1.82, 2.24) is 14.9 Å². The monoisotopic (exact) mass is 471 g/mol. The number of nitriles is 1. The molecule has 0 unspecified atom stereocenters. The molecule has 1 aliphatic heterocycles. The number of carbonyl (C=O) groups excluding carboxylic acids is 1. The van der Waals surface area contributed by atoms with Gasteiger partial charge in [-0.25, -0.2) is 14.2 Å². The molecule has 2 N–H and O–H groups in total. The average Bonchev–Trinajstić information content (AvgIpc) is 2.77. The molecule has 1 amide bonds. The number of nitrogens with one attached hydrogen (secondary N) is 1. The second kappa shape index (κ2) is 10.7. The number of benzene rings is 1. The molecule has 0 atom stereocenters. The van der Waals surface area contributed by atoms with E-state index in [0.717, 1.165) is 0 Å². The third kappa shape index (κ3) is 6.32. The maximum Gasteiger partial charge on any atom is 0.407 e. The summed E-state index contributed by atoms with van der Waals surface area (Å²) in [5.74, 6) is -0.252. The number of hydrogen-bond donors (Lipinski definition) is 2. The molecule has 9 nitrogen and oxygen atoms in total. The molecule has 2 heterocycles. The van der Waals surface area contributed by atoms with Crippen LogP contribution in [0.25, 0.3) is 11.3 Å². The molecule has 1 aromatic heterocycles. The van der Waals surface area contributed by atoms with Gasteiger partial charge in [-0.05, 0) is 52.2 Å². The summed E-state index contributed by atoms with van der Waals surface area (Å²) in [4.78, 5) is 31.6. The zero-order valence-electron chi connectivity index (χ0n) is 19.7. The predicted octanol–water partition coefficient (Wildman–Crippen LogP) is 2.80. The number of hydrogen-bond acceptors (Lipinski definition) is 7. The first-order valence-corrected chi connectivity index (χ1v) is 11.3. The summed E-state index contributed by atoms with van der Waals surface area (Å²) in [6, 6.07) is 7.15. The normalized spacial score (nSPS) is 14.5. The van der Waals surface area contributed by atoms with Gasteiger partial charge in [0, 0.05) is 43.9 Å². The number of anilines is 1. The van der Waals surface area contributed by atoms with E-state index < -0.39 is 17.5 Å². The highest BCUT2D eigenvalue weighted by Crippen LogP contribution is 2.24. The zero-order valence-corrected chi connectivity index (χ0v) is 19.7. The molecule has 0 spiro atoms. The van der Waals surface area contributed by atoms with Crippen LogP contribution in [0.15, 0.2) is 29.1 Å². The van der Waals surface area contributed by atoms with Gasteiger partial charge < -0.3 is 20.1 Å². The van der Waals surface area contributed by atoms with Crippen molar-refractivity contribution in [3.63, 3.8) is 0 Å². The number of ether oxygens (including phenoxy) is 1. The Morgan fingerprint density at radius 3 is 2.62 bits per heavy atom. The Kier molecular flexibility index (Phi) is 7.89. The van der Waals surface area contributed by atoms with E-state index in [1.165, 1.54) is 22.8 Å². The van der Waals surface area contributed by atoms with Crippen LogP contribution in [0.3, 0.4) is 0 Å². The zero-order chi connectivity index (χ0) is 24.9. The number of nitrogens with zero attached hydrogens (tertiary/aromatic N) is 4. The van der Waals surface area contributed by atoms with Crippen molar-refractivity contribution in [2.24, 2.45) is 0 Å². The number of halogens is 1. The number of aromatic nitrogens is 2. The molecule has 1 saturated heterocycles. The van der Waals surface area contributed by atoms with Crippen LogP contribution >= 0.6 is 0 Å². The average molecular weight is 472 g/mol. The Labute approximate surface area is 197 Å². The summed E-state index contributed by atoms with van der Waals surface area (Å²) in [6.07, 6.45) is 1.18. The molecule has 1 aromatic carbocycles. The lowest BCUT2D eigenvalue weighted by Crippen LogP contribution is -2.47. The van der Waals surface area contributed by atoms with Crippen LogP contribution in [0.1, 0.15) is 45.6 Å². The third-order valence-electron chi connectivity index (χ3n) is 5.41. The van der Waals surface area contributed by atoms with Gasteiger partial charge in [0.25, 0.3) is 5.56 Å². The minimum atomic E-state index is -0.679. The van der Waals surface area contributed by atoms with Crippen molar-refractivity contribution >= 4 is 12.0 Å². The summed E-state index contributed by atoms with van der Waals surface area (Å²) in [5.41, 5.74) is -0.279. The Hall–Kier alpha value is -3.45. The highest BCUT2D eigenvalue weighted by atomic mass is 19.1. The van der Waals surface area contributed by atoms with E-state index in [4.69, 9.17) is 10.00 Å². The van der Waals surface area contributed by atoms with E-state index >= 15 is 0 Å². The van der Waals surface area contributed by atoms with Gasteiger partial charge in [-0.3, -0.25) is 9.36 Å². The first kappa shape index (κ1) is 25.2. The molecular weight excluding hydrogens is 441 g/mol. The molecule has 1 fully saturated rings. The standard InChI is InChI=1S/C24H30FN5O4/c1-24(2,3)34-23(33)27-18-7-10-29(11-8-18)22-28-20(14-21(32)30(22)9-4-12-31)16-5-6-17(15-26)19(25)13-16/h5-6,13-14,18,31H,4,7-12H2,1-3H3,(H,27,33). The summed E-state index contributed by atoms with van der Waals surface area (Å²) in [6.45, 7) is 6.71. The predicted molar refractivity (Wildman–Crippen MR) is 125 cm³/mol. The number of alkyl carbamates (subject to hydrolysis) is 1. The number of aliphatic hydroxyl groups is 1. The van der Waals surface area contributed by atoms with Crippen molar-refractivity contribution in [3.05, 3.63) is 46.0 Å². The summed E-state index contributed by atoms with van der Waals surface area (Å²) in [7, 11) is 0. The molecule has 0 saturated carbocycles. The molecule has 3 rings (SSSR count).